The highest BCUT2D eigenvalue weighted by Gasteiger charge is 2.25. The molecular formula is C14H17BrN4O. The van der Waals surface area contributed by atoms with Crippen molar-refractivity contribution in [1.29, 1.82) is 0 Å². The van der Waals surface area contributed by atoms with E-state index in [-0.39, 0.29) is 0 Å². The van der Waals surface area contributed by atoms with E-state index in [2.05, 4.69) is 26.1 Å². The first-order chi connectivity index (χ1) is 9.70. The summed E-state index contributed by atoms with van der Waals surface area (Å²) in [5.41, 5.74) is 6.91. The third-order valence-corrected chi connectivity index (χ3v) is 4.31. The maximum atomic E-state index is 6.03. The predicted molar refractivity (Wildman–Crippen MR) is 81.2 cm³/mol. The molecule has 0 bridgehead atoms. The molecule has 0 radical (unpaired) electrons. The van der Waals surface area contributed by atoms with Crippen molar-refractivity contribution in [1.82, 2.24) is 14.8 Å². The molecule has 1 aliphatic carbocycles. The summed E-state index contributed by atoms with van der Waals surface area (Å²) in [5, 5.41) is 8.36. The van der Waals surface area contributed by atoms with Crippen molar-refractivity contribution in [2.75, 3.05) is 12.8 Å². The Morgan fingerprint density at radius 3 is 2.75 bits per heavy atom. The molecule has 0 spiro atoms. The van der Waals surface area contributed by atoms with Crippen molar-refractivity contribution in [3.63, 3.8) is 0 Å². The maximum absolute atomic E-state index is 6.03. The minimum absolute atomic E-state index is 0.406. The number of nitrogens with zero attached hydrogens (tertiary/aromatic N) is 3. The number of halogens is 1. The van der Waals surface area contributed by atoms with E-state index in [1.807, 2.05) is 22.8 Å². The van der Waals surface area contributed by atoms with Gasteiger partial charge in [0.2, 0.25) is 5.95 Å². The summed E-state index contributed by atoms with van der Waals surface area (Å²) in [7, 11) is 1.66. The Morgan fingerprint density at radius 1 is 1.30 bits per heavy atom. The van der Waals surface area contributed by atoms with Gasteiger partial charge in [0.1, 0.15) is 11.6 Å². The Bertz CT molecular complexity index is 620. The summed E-state index contributed by atoms with van der Waals surface area (Å²) in [4.78, 5) is 0. The molecule has 1 aromatic heterocycles. The van der Waals surface area contributed by atoms with E-state index < -0.39 is 0 Å². The molecule has 1 saturated carbocycles. The quantitative estimate of drug-likeness (QED) is 0.933. The second kappa shape index (κ2) is 5.44. The Labute approximate surface area is 126 Å². The van der Waals surface area contributed by atoms with Gasteiger partial charge in [-0.1, -0.05) is 28.8 Å². The van der Waals surface area contributed by atoms with Gasteiger partial charge in [-0.25, -0.2) is 0 Å². The first-order valence-corrected chi connectivity index (χ1v) is 7.54. The third-order valence-electron chi connectivity index (χ3n) is 3.82. The number of hydrogen-bond acceptors (Lipinski definition) is 4. The zero-order valence-electron chi connectivity index (χ0n) is 11.3. The largest absolute Gasteiger partial charge is 0.495 e. The summed E-state index contributed by atoms with van der Waals surface area (Å²) in [6.07, 6.45) is 4.78. The molecule has 0 amide bonds. The molecule has 5 nitrogen and oxygen atoms in total. The first kappa shape index (κ1) is 13.4. The number of ether oxygens (including phenoxy) is 1. The van der Waals surface area contributed by atoms with Crippen molar-refractivity contribution in [2.45, 2.75) is 31.6 Å². The molecule has 1 aliphatic rings. The van der Waals surface area contributed by atoms with Crippen LogP contribution in [0.25, 0.3) is 5.69 Å². The van der Waals surface area contributed by atoms with Gasteiger partial charge in [-0.05, 0) is 31.0 Å². The van der Waals surface area contributed by atoms with Gasteiger partial charge in [0, 0.05) is 10.4 Å². The van der Waals surface area contributed by atoms with Gasteiger partial charge in [0.25, 0.3) is 0 Å². The van der Waals surface area contributed by atoms with Crippen molar-refractivity contribution in [3.8, 4) is 11.4 Å². The maximum Gasteiger partial charge on any atom is 0.226 e. The highest BCUT2D eigenvalue weighted by Crippen LogP contribution is 2.37. The fraction of sp³-hybridized carbons (Fsp3) is 0.429. The molecule has 20 heavy (non-hydrogen) atoms. The number of benzene rings is 1. The first-order valence-electron chi connectivity index (χ1n) is 6.75. The van der Waals surface area contributed by atoms with Crippen LogP contribution >= 0.6 is 15.9 Å². The molecule has 2 aromatic rings. The van der Waals surface area contributed by atoms with Gasteiger partial charge in [-0.2, -0.15) is 0 Å². The highest BCUT2D eigenvalue weighted by atomic mass is 79.9. The van der Waals surface area contributed by atoms with Gasteiger partial charge in [-0.15, -0.1) is 10.2 Å². The van der Waals surface area contributed by atoms with Crippen LogP contribution in [0, 0.1) is 0 Å². The molecule has 1 fully saturated rings. The Hall–Kier alpha value is -1.56. The van der Waals surface area contributed by atoms with Gasteiger partial charge < -0.3 is 10.5 Å². The number of rotatable bonds is 3. The fourth-order valence-corrected chi connectivity index (χ4v) is 3.19. The van der Waals surface area contributed by atoms with Gasteiger partial charge in [0.15, 0.2) is 0 Å². The van der Waals surface area contributed by atoms with Gasteiger partial charge in [-0.3, -0.25) is 4.57 Å². The van der Waals surface area contributed by atoms with E-state index in [9.17, 15) is 0 Å². The van der Waals surface area contributed by atoms with E-state index in [0.717, 1.165) is 34.6 Å². The lowest BCUT2D eigenvalue weighted by atomic mass is 10.1. The van der Waals surface area contributed by atoms with Crippen LogP contribution < -0.4 is 10.5 Å². The minimum atomic E-state index is 0.406. The number of hydrogen-bond donors (Lipinski definition) is 1. The highest BCUT2D eigenvalue weighted by molar-refractivity contribution is 9.10. The fourth-order valence-electron chi connectivity index (χ4n) is 2.84. The smallest absolute Gasteiger partial charge is 0.226 e. The molecule has 1 aromatic carbocycles. The monoisotopic (exact) mass is 336 g/mol. The van der Waals surface area contributed by atoms with Crippen LogP contribution in [0.2, 0.25) is 0 Å². The normalized spacial score (nSPS) is 15.7. The lowest BCUT2D eigenvalue weighted by Crippen LogP contribution is -2.09. The molecule has 106 valence electrons. The summed E-state index contributed by atoms with van der Waals surface area (Å²) in [6, 6.07) is 5.84. The van der Waals surface area contributed by atoms with Crippen LogP contribution in [-0.4, -0.2) is 21.9 Å². The number of methoxy groups -OCH3 is 1. The number of aromatic nitrogens is 3. The van der Waals surface area contributed by atoms with Crippen LogP contribution in [0.4, 0.5) is 5.95 Å². The zero-order valence-corrected chi connectivity index (χ0v) is 12.9. The lowest BCUT2D eigenvalue weighted by molar-refractivity contribution is 0.412. The van der Waals surface area contributed by atoms with E-state index in [1.54, 1.807) is 7.11 Å². The van der Waals surface area contributed by atoms with Crippen molar-refractivity contribution in [3.05, 3.63) is 28.5 Å². The zero-order chi connectivity index (χ0) is 14.1. The van der Waals surface area contributed by atoms with E-state index in [4.69, 9.17) is 10.5 Å². The SMILES string of the molecule is COc1ccc(Br)cc1-n1c(N)nnc1C1CCCC1. The summed E-state index contributed by atoms with van der Waals surface area (Å²) in [6.45, 7) is 0. The molecule has 0 aliphatic heterocycles. The lowest BCUT2D eigenvalue weighted by Gasteiger charge is -2.15. The second-order valence-corrected chi connectivity index (χ2v) is 5.97. The predicted octanol–water partition coefficient (Wildman–Crippen LogP) is 3.28. The minimum Gasteiger partial charge on any atom is -0.495 e. The number of nitrogens with two attached hydrogens (primary N) is 1. The molecule has 0 unspecified atom stereocenters. The van der Waals surface area contributed by atoms with Crippen LogP contribution in [-0.2, 0) is 0 Å². The van der Waals surface area contributed by atoms with Gasteiger partial charge >= 0.3 is 0 Å². The average Bonchev–Trinajstić information content (AvgIpc) is 3.07. The van der Waals surface area contributed by atoms with Crippen molar-refractivity contribution >= 4 is 21.9 Å². The summed E-state index contributed by atoms with van der Waals surface area (Å²) >= 11 is 3.49. The third kappa shape index (κ3) is 2.28. The average molecular weight is 337 g/mol. The Morgan fingerprint density at radius 2 is 2.05 bits per heavy atom. The molecule has 6 heteroatoms. The van der Waals surface area contributed by atoms with Crippen LogP contribution in [0.15, 0.2) is 22.7 Å². The van der Waals surface area contributed by atoms with E-state index in [1.165, 1.54) is 12.8 Å². The number of anilines is 1. The molecule has 2 N–H and O–H groups in total. The molecule has 3 rings (SSSR count). The molecule has 0 saturated heterocycles. The Kier molecular flexibility index (Phi) is 3.65. The van der Waals surface area contributed by atoms with Crippen molar-refractivity contribution < 1.29 is 4.74 Å². The van der Waals surface area contributed by atoms with E-state index in [0.29, 0.717) is 11.9 Å². The number of nitrogen functional groups attached to an aromatic ring is 1. The molecule has 1 heterocycles. The summed E-state index contributed by atoms with van der Waals surface area (Å²) in [5.74, 6) is 2.54. The molecular weight excluding hydrogens is 320 g/mol. The van der Waals surface area contributed by atoms with Crippen molar-refractivity contribution in [2.24, 2.45) is 0 Å². The van der Waals surface area contributed by atoms with Crippen LogP contribution in [0.5, 0.6) is 5.75 Å². The second-order valence-electron chi connectivity index (χ2n) is 5.05. The Balaban J connectivity index is 2.14. The molecule has 0 atom stereocenters. The van der Waals surface area contributed by atoms with Crippen LogP contribution in [0.3, 0.4) is 0 Å². The van der Waals surface area contributed by atoms with E-state index >= 15 is 0 Å². The summed E-state index contributed by atoms with van der Waals surface area (Å²) < 4.78 is 8.33. The van der Waals surface area contributed by atoms with Crippen LogP contribution in [0.1, 0.15) is 37.4 Å². The standard InChI is InChI=1S/C14H17BrN4O/c1-20-12-7-6-10(15)8-11(12)19-13(17-18-14(19)16)9-4-2-3-5-9/h6-9H,2-5H2,1H3,(H2,16,18). The van der Waals surface area contributed by atoms with Gasteiger partial charge in [0.05, 0.1) is 12.8 Å². The topological polar surface area (TPSA) is 66.0 Å².